The lowest BCUT2D eigenvalue weighted by atomic mass is 10.3. The molecule has 2 heterocycles. The molecule has 0 spiro atoms. The van der Waals surface area contributed by atoms with Gasteiger partial charge in [0.2, 0.25) is 0 Å². The molecule has 0 bridgehead atoms. The first kappa shape index (κ1) is 13.0. The van der Waals surface area contributed by atoms with Gasteiger partial charge in [-0.05, 0) is 19.1 Å². The highest BCUT2D eigenvalue weighted by Crippen LogP contribution is 2.02. The number of aromatic nitrogens is 4. The minimum absolute atomic E-state index is 0.265. The number of rotatable bonds is 5. The number of imidazole rings is 1. The summed E-state index contributed by atoms with van der Waals surface area (Å²) in [7, 11) is 1.87. The van der Waals surface area contributed by atoms with E-state index in [0.29, 0.717) is 12.4 Å². The highest BCUT2D eigenvalue weighted by Gasteiger charge is 2.09. The second-order valence-electron chi connectivity index (χ2n) is 3.97. The SMILES string of the molecule is CCNc1ccc(C(=O)NCc2nccn2C)nn1. The van der Waals surface area contributed by atoms with Crippen molar-refractivity contribution in [3.63, 3.8) is 0 Å². The van der Waals surface area contributed by atoms with Crippen LogP contribution in [0, 0.1) is 0 Å². The summed E-state index contributed by atoms with van der Waals surface area (Å²) in [4.78, 5) is 16.0. The van der Waals surface area contributed by atoms with Crippen LogP contribution in [0.25, 0.3) is 0 Å². The molecule has 19 heavy (non-hydrogen) atoms. The molecule has 2 N–H and O–H groups in total. The second kappa shape index (κ2) is 5.94. The van der Waals surface area contributed by atoms with Crippen LogP contribution in [0.4, 0.5) is 5.82 Å². The molecule has 0 saturated heterocycles. The van der Waals surface area contributed by atoms with E-state index in [4.69, 9.17) is 0 Å². The van der Waals surface area contributed by atoms with Gasteiger partial charge in [0.05, 0.1) is 6.54 Å². The Hall–Kier alpha value is -2.44. The fraction of sp³-hybridized carbons (Fsp3) is 0.333. The summed E-state index contributed by atoms with van der Waals surface area (Å²) in [5, 5.41) is 13.5. The first-order valence-corrected chi connectivity index (χ1v) is 6.02. The number of amides is 1. The predicted octanol–water partition coefficient (Wildman–Crippen LogP) is 0.572. The molecule has 7 heteroatoms. The highest BCUT2D eigenvalue weighted by atomic mass is 16.1. The van der Waals surface area contributed by atoms with Gasteiger partial charge in [-0.2, -0.15) is 0 Å². The molecule has 0 saturated carbocycles. The van der Waals surface area contributed by atoms with Crippen molar-refractivity contribution in [3.05, 3.63) is 36.0 Å². The van der Waals surface area contributed by atoms with E-state index in [1.165, 1.54) is 0 Å². The van der Waals surface area contributed by atoms with E-state index in [1.807, 2.05) is 24.7 Å². The zero-order valence-corrected chi connectivity index (χ0v) is 10.9. The third kappa shape index (κ3) is 3.27. The maximum atomic E-state index is 11.8. The average molecular weight is 260 g/mol. The number of nitrogens with one attached hydrogen (secondary N) is 2. The lowest BCUT2D eigenvalue weighted by Crippen LogP contribution is -2.25. The normalized spacial score (nSPS) is 10.2. The largest absolute Gasteiger partial charge is 0.369 e. The zero-order valence-electron chi connectivity index (χ0n) is 10.9. The second-order valence-corrected chi connectivity index (χ2v) is 3.97. The van der Waals surface area contributed by atoms with E-state index in [1.54, 1.807) is 18.3 Å². The molecule has 0 fully saturated rings. The average Bonchev–Trinajstić information content (AvgIpc) is 2.83. The van der Waals surface area contributed by atoms with Gasteiger partial charge < -0.3 is 15.2 Å². The maximum Gasteiger partial charge on any atom is 0.272 e. The minimum atomic E-state index is -0.265. The molecular weight excluding hydrogens is 244 g/mol. The Labute approximate surface area is 111 Å². The summed E-state index contributed by atoms with van der Waals surface area (Å²) in [5.74, 6) is 1.17. The smallest absolute Gasteiger partial charge is 0.272 e. The van der Waals surface area contributed by atoms with Crippen LogP contribution in [-0.2, 0) is 13.6 Å². The van der Waals surface area contributed by atoms with Crippen molar-refractivity contribution in [2.24, 2.45) is 7.05 Å². The van der Waals surface area contributed by atoms with Crippen LogP contribution in [-0.4, -0.2) is 32.2 Å². The summed E-state index contributed by atoms with van der Waals surface area (Å²) in [5.41, 5.74) is 0.288. The number of nitrogens with zero attached hydrogens (tertiary/aromatic N) is 4. The van der Waals surface area contributed by atoms with Crippen LogP contribution in [0.3, 0.4) is 0 Å². The molecule has 7 nitrogen and oxygen atoms in total. The third-order valence-electron chi connectivity index (χ3n) is 2.58. The summed E-state index contributed by atoms with van der Waals surface area (Å²) < 4.78 is 1.85. The Bertz CT molecular complexity index is 548. The van der Waals surface area contributed by atoms with E-state index in [2.05, 4.69) is 25.8 Å². The number of hydrogen-bond donors (Lipinski definition) is 2. The molecule has 0 aromatic carbocycles. The first-order chi connectivity index (χ1) is 9.20. The molecule has 0 aliphatic heterocycles. The molecule has 1 amide bonds. The fourth-order valence-corrected chi connectivity index (χ4v) is 1.55. The van der Waals surface area contributed by atoms with Gasteiger partial charge in [-0.25, -0.2) is 4.98 Å². The Morgan fingerprint density at radius 1 is 1.37 bits per heavy atom. The highest BCUT2D eigenvalue weighted by molar-refractivity contribution is 5.92. The molecule has 2 rings (SSSR count). The Balaban J connectivity index is 1.94. The van der Waals surface area contributed by atoms with Crippen molar-refractivity contribution in [3.8, 4) is 0 Å². The van der Waals surface area contributed by atoms with Crippen LogP contribution in [0.1, 0.15) is 23.2 Å². The van der Waals surface area contributed by atoms with Gasteiger partial charge in [0.1, 0.15) is 11.6 Å². The number of anilines is 1. The van der Waals surface area contributed by atoms with Crippen molar-refractivity contribution in [2.75, 3.05) is 11.9 Å². The Kier molecular flexibility index (Phi) is 4.07. The van der Waals surface area contributed by atoms with Crippen molar-refractivity contribution in [2.45, 2.75) is 13.5 Å². The molecule has 0 atom stereocenters. The fourth-order valence-electron chi connectivity index (χ4n) is 1.55. The van der Waals surface area contributed by atoms with Crippen LogP contribution >= 0.6 is 0 Å². The molecule has 0 aliphatic rings. The van der Waals surface area contributed by atoms with Gasteiger partial charge in [-0.15, -0.1) is 10.2 Å². The topological polar surface area (TPSA) is 84.7 Å². The van der Waals surface area contributed by atoms with E-state index < -0.39 is 0 Å². The lowest BCUT2D eigenvalue weighted by molar-refractivity contribution is 0.0943. The number of aryl methyl sites for hydroxylation is 1. The van der Waals surface area contributed by atoms with Gasteiger partial charge in [0.25, 0.3) is 5.91 Å². The van der Waals surface area contributed by atoms with Crippen LogP contribution in [0.5, 0.6) is 0 Å². The predicted molar refractivity (Wildman–Crippen MR) is 70.6 cm³/mol. The first-order valence-electron chi connectivity index (χ1n) is 6.02. The quantitative estimate of drug-likeness (QED) is 0.821. The number of hydrogen-bond acceptors (Lipinski definition) is 5. The van der Waals surface area contributed by atoms with Gasteiger partial charge in [-0.1, -0.05) is 0 Å². The van der Waals surface area contributed by atoms with E-state index in [-0.39, 0.29) is 11.6 Å². The van der Waals surface area contributed by atoms with Crippen molar-refractivity contribution >= 4 is 11.7 Å². The van der Waals surface area contributed by atoms with Crippen LogP contribution in [0.15, 0.2) is 24.5 Å². The molecule has 0 aliphatic carbocycles. The van der Waals surface area contributed by atoms with Gasteiger partial charge in [0, 0.05) is 26.0 Å². The molecule has 0 radical (unpaired) electrons. The molecule has 100 valence electrons. The maximum absolute atomic E-state index is 11.8. The van der Waals surface area contributed by atoms with Crippen LogP contribution in [0.2, 0.25) is 0 Å². The Morgan fingerprint density at radius 2 is 2.21 bits per heavy atom. The van der Waals surface area contributed by atoms with Gasteiger partial charge in [-0.3, -0.25) is 4.79 Å². The molecule has 2 aromatic heterocycles. The van der Waals surface area contributed by atoms with E-state index in [9.17, 15) is 4.79 Å². The number of carbonyl (C=O) groups is 1. The zero-order chi connectivity index (χ0) is 13.7. The summed E-state index contributed by atoms with van der Waals surface area (Å²) >= 11 is 0. The number of carbonyl (C=O) groups excluding carboxylic acids is 1. The monoisotopic (exact) mass is 260 g/mol. The standard InChI is InChI=1S/C12H16N6O/c1-3-13-10-5-4-9(16-17-10)12(19)15-8-11-14-6-7-18(11)2/h4-7H,3,8H2,1-2H3,(H,13,17)(H,15,19). The van der Waals surface area contributed by atoms with Crippen molar-refractivity contribution in [1.82, 2.24) is 25.1 Å². The third-order valence-corrected chi connectivity index (χ3v) is 2.58. The van der Waals surface area contributed by atoms with E-state index in [0.717, 1.165) is 12.4 Å². The molecule has 0 unspecified atom stereocenters. The summed E-state index contributed by atoms with van der Waals surface area (Å²) in [6, 6.07) is 3.37. The Morgan fingerprint density at radius 3 is 2.79 bits per heavy atom. The van der Waals surface area contributed by atoms with E-state index >= 15 is 0 Å². The lowest BCUT2D eigenvalue weighted by Gasteiger charge is -2.05. The molecule has 2 aromatic rings. The summed E-state index contributed by atoms with van der Waals surface area (Å²) in [6.45, 7) is 3.09. The van der Waals surface area contributed by atoms with Gasteiger partial charge in [0.15, 0.2) is 5.69 Å². The minimum Gasteiger partial charge on any atom is -0.369 e. The molecular formula is C12H16N6O. The van der Waals surface area contributed by atoms with Gasteiger partial charge >= 0.3 is 0 Å². The summed E-state index contributed by atoms with van der Waals surface area (Å²) in [6.07, 6.45) is 3.51. The van der Waals surface area contributed by atoms with Crippen molar-refractivity contribution < 1.29 is 4.79 Å². The van der Waals surface area contributed by atoms with Crippen molar-refractivity contribution in [1.29, 1.82) is 0 Å². The van der Waals surface area contributed by atoms with Crippen LogP contribution < -0.4 is 10.6 Å².